The quantitative estimate of drug-likeness (QED) is 0.390. The minimum absolute atomic E-state index is 0.519. The number of rotatable bonds is 7. The Balaban J connectivity index is 1.85. The van der Waals surface area contributed by atoms with Gasteiger partial charge < -0.3 is 14.7 Å². The second kappa shape index (κ2) is 8.85. The predicted octanol–water partition coefficient (Wildman–Crippen LogP) is 4.11. The van der Waals surface area contributed by atoms with Crippen molar-refractivity contribution in [3.05, 3.63) is 89.2 Å². The molecule has 0 aliphatic rings. The van der Waals surface area contributed by atoms with Gasteiger partial charge in [0, 0.05) is 23.5 Å². The molecule has 3 rings (SSSR count). The highest BCUT2D eigenvalue weighted by molar-refractivity contribution is 6.13. The summed E-state index contributed by atoms with van der Waals surface area (Å²) in [5, 5.41) is 13.1. The summed E-state index contributed by atoms with van der Waals surface area (Å²) in [6, 6.07) is 17.6. The predicted molar refractivity (Wildman–Crippen MR) is 105 cm³/mol. The first kappa shape index (κ1) is 18.5. The Morgan fingerprint density at radius 3 is 2.48 bits per heavy atom. The summed E-state index contributed by atoms with van der Waals surface area (Å²) in [7, 11) is 3.26. The summed E-state index contributed by atoms with van der Waals surface area (Å²) in [4.78, 5) is 4.12. The lowest BCUT2D eigenvalue weighted by atomic mass is 9.94. The molecule has 0 aliphatic heterocycles. The molecule has 0 fully saturated rings. The molecule has 5 heteroatoms. The van der Waals surface area contributed by atoms with E-state index in [4.69, 9.17) is 9.47 Å². The van der Waals surface area contributed by atoms with Crippen LogP contribution in [0, 0.1) is 0 Å². The van der Waals surface area contributed by atoms with E-state index < -0.39 is 0 Å². The van der Waals surface area contributed by atoms with Gasteiger partial charge in [0.05, 0.1) is 14.2 Å². The number of aryl methyl sites for hydroxylation is 2. The summed E-state index contributed by atoms with van der Waals surface area (Å²) in [6.45, 7) is 0. The third-order valence-electron chi connectivity index (χ3n) is 4.44. The number of methoxy groups -OCH3 is 2. The molecule has 0 spiro atoms. The van der Waals surface area contributed by atoms with Crippen LogP contribution in [0.1, 0.15) is 22.3 Å². The minimum Gasteiger partial charge on any atom is -0.493 e. The first-order valence-corrected chi connectivity index (χ1v) is 8.68. The number of oxime groups is 1. The van der Waals surface area contributed by atoms with Crippen LogP contribution in [0.15, 0.2) is 72.1 Å². The molecule has 138 valence electrons. The number of benzene rings is 2. The Morgan fingerprint density at radius 2 is 1.78 bits per heavy atom. The van der Waals surface area contributed by atoms with Gasteiger partial charge in [-0.1, -0.05) is 35.5 Å². The smallest absolute Gasteiger partial charge is 0.160 e. The van der Waals surface area contributed by atoms with E-state index in [1.807, 2.05) is 48.5 Å². The molecule has 5 nitrogen and oxygen atoms in total. The molecule has 0 radical (unpaired) electrons. The summed E-state index contributed by atoms with van der Waals surface area (Å²) in [6.07, 6.45) is 5.01. The highest BCUT2D eigenvalue weighted by Gasteiger charge is 2.13. The van der Waals surface area contributed by atoms with Gasteiger partial charge in [-0.15, -0.1) is 0 Å². The van der Waals surface area contributed by atoms with Crippen LogP contribution in [0.25, 0.3) is 0 Å². The van der Waals surface area contributed by atoms with Gasteiger partial charge in [-0.25, -0.2) is 0 Å². The van der Waals surface area contributed by atoms with E-state index in [0.29, 0.717) is 11.5 Å². The van der Waals surface area contributed by atoms with Crippen LogP contribution in [0.2, 0.25) is 0 Å². The molecule has 3 aromatic rings. The van der Waals surface area contributed by atoms with Crippen molar-refractivity contribution in [3.63, 3.8) is 0 Å². The molecule has 27 heavy (non-hydrogen) atoms. The van der Waals surface area contributed by atoms with Crippen LogP contribution in [0.4, 0.5) is 0 Å². The van der Waals surface area contributed by atoms with E-state index in [-0.39, 0.29) is 0 Å². The Bertz CT molecular complexity index is 924. The molecular weight excluding hydrogens is 340 g/mol. The van der Waals surface area contributed by atoms with Crippen molar-refractivity contribution in [1.29, 1.82) is 0 Å². The Labute approximate surface area is 158 Å². The van der Waals surface area contributed by atoms with E-state index in [2.05, 4.69) is 16.2 Å². The van der Waals surface area contributed by atoms with Gasteiger partial charge in [0.1, 0.15) is 5.71 Å². The van der Waals surface area contributed by atoms with Gasteiger partial charge in [0.2, 0.25) is 0 Å². The van der Waals surface area contributed by atoms with Crippen molar-refractivity contribution in [1.82, 2.24) is 4.98 Å². The van der Waals surface area contributed by atoms with Crippen LogP contribution in [-0.4, -0.2) is 30.1 Å². The second-order valence-electron chi connectivity index (χ2n) is 6.04. The molecule has 0 aliphatic carbocycles. The van der Waals surface area contributed by atoms with E-state index in [1.165, 1.54) is 0 Å². The number of pyridine rings is 1. The van der Waals surface area contributed by atoms with Gasteiger partial charge >= 0.3 is 0 Å². The number of aromatic nitrogens is 1. The van der Waals surface area contributed by atoms with Gasteiger partial charge in [-0.3, -0.25) is 4.98 Å². The first-order valence-electron chi connectivity index (χ1n) is 8.68. The van der Waals surface area contributed by atoms with Crippen molar-refractivity contribution in [2.45, 2.75) is 12.8 Å². The molecule has 0 saturated heterocycles. The third kappa shape index (κ3) is 4.26. The molecule has 0 bridgehead atoms. The topological polar surface area (TPSA) is 63.9 Å². The van der Waals surface area contributed by atoms with E-state index in [1.54, 1.807) is 26.6 Å². The lowest BCUT2D eigenvalue weighted by Crippen LogP contribution is -2.08. The molecule has 0 amide bonds. The standard InChI is InChI=1S/C22H22N2O3/c1-26-20-12-10-16(14-21(20)27-2)9-11-17-6-3-4-8-19(17)22(24-25)18-7-5-13-23-15-18/h3-8,10,12-15,25H,9,11H2,1-2H3. The van der Waals surface area contributed by atoms with E-state index in [9.17, 15) is 5.21 Å². The first-order chi connectivity index (χ1) is 13.3. The summed E-state index contributed by atoms with van der Waals surface area (Å²) < 4.78 is 10.7. The van der Waals surface area contributed by atoms with Crippen LogP contribution in [-0.2, 0) is 12.8 Å². The fourth-order valence-electron chi connectivity index (χ4n) is 3.05. The minimum atomic E-state index is 0.519. The van der Waals surface area contributed by atoms with Crippen molar-refractivity contribution in [3.8, 4) is 11.5 Å². The van der Waals surface area contributed by atoms with Gasteiger partial charge in [0.25, 0.3) is 0 Å². The number of nitrogens with zero attached hydrogens (tertiary/aromatic N) is 2. The van der Waals surface area contributed by atoms with Gasteiger partial charge in [0.15, 0.2) is 11.5 Å². The highest BCUT2D eigenvalue weighted by Crippen LogP contribution is 2.28. The maximum Gasteiger partial charge on any atom is 0.160 e. The molecular formula is C22H22N2O3. The lowest BCUT2D eigenvalue weighted by molar-refractivity contribution is 0.319. The molecule has 1 heterocycles. The summed E-state index contributed by atoms with van der Waals surface area (Å²) >= 11 is 0. The van der Waals surface area contributed by atoms with Crippen LogP contribution < -0.4 is 9.47 Å². The number of hydrogen-bond donors (Lipinski definition) is 1. The van der Waals surface area contributed by atoms with Crippen LogP contribution in [0.3, 0.4) is 0 Å². The van der Waals surface area contributed by atoms with E-state index in [0.717, 1.165) is 40.8 Å². The zero-order valence-electron chi connectivity index (χ0n) is 15.4. The summed E-state index contributed by atoms with van der Waals surface area (Å²) in [5.74, 6) is 1.43. The van der Waals surface area contributed by atoms with Crippen molar-refractivity contribution in [2.24, 2.45) is 5.16 Å². The average Bonchev–Trinajstić information content (AvgIpc) is 2.74. The fraction of sp³-hybridized carbons (Fsp3) is 0.182. The zero-order valence-corrected chi connectivity index (χ0v) is 15.4. The molecule has 0 atom stereocenters. The average molecular weight is 362 g/mol. The Morgan fingerprint density at radius 1 is 0.963 bits per heavy atom. The summed E-state index contributed by atoms with van der Waals surface area (Å²) in [5.41, 5.74) is 4.44. The lowest BCUT2D eigenvalue weighted by Gasteiger charge is -2.12. The molecule has 0 unspecified atom stereocenters. The Kier molecular flexibility index (Phi) is 6.05. The van der Waals surface area contributed by atoms with Crippen molar-refractivity contribution >= 4 is 5.71 Å². The monoisotopic (exact) mass is 362 g/mol. The van der Waals surface area contributed by atoms with Crippen LogP contribution in [0.5, 0.6) is 11.5 Å². The highest BCUT2D eigenvalue weighted by atomic mass is 16.5. The maximum atomic E-state index is 9.60. The molecule has 1 N–H and O–H groups in total. The zero-order chi connectivity index (χ0) is 19.1. The van der Waals surface area contributed by atoms with Crippen molar-refractivity contribution < 1.29 is 14.7 Å². The molecule has 1 aromatic heterocycles. The molecule has 0 saturated carbocycles. The largest absolute Gasteiger partial charge is 0.493 e. The van der Waals surface area contributed by atoms with E-state index >= 15 is 0 Å². The maximum absolute atomic E-state index is 9.60. The molecule has 2 aromatic carbocycles. The van der Waals surface area contributed by atoms with Gasteiger partial charge in [-0.05, 0) is 48.2 Å². The number of ether oxygens (including phenoxy) is 2. The van der Waals surface area contributed by atoms with Crippen LogP contribution >= 0.6 is 0 Å². The SMILES string of the molecule is COc1ccc(CCc2ccccc2C(=NO)c2cccnc2)cc1OC. The number of hydrogen-bond acceptors (Lipinski definition) is 5. The van der Waals surface area contributed by atoms with Crippen molar-refractivity contribution in [2.75, 3.05) is 14.2 Å². The third-order valence-corrected chi connectivity index (χ3v) is 4.44. The normalized spacial score (nSPS) is 11.3. The Hall–Kier alpha value is -3.34. The van der Waals surface area contributed by atoms with Gasteiger partial charge in [-0.2, -0.15) is 0 Å². The second-order valence-corrected chi connectivity index (χ2v) is 6.04. The fourth-order valence-corrected chi connectivity index (χ4v) is 3.05.